The van der Waals surface area contributed by atoms with Crippen LogP contribution in [0, 0.1) is 0 Å². The fourth-order valence-corrected chi connectivity index (χ4v) is 5.91. The molecule has 0 amide bonds. The van der Waals surface area contributed by atoms with Crippen LogP contribution in [0.15, 0.2) is 47.2 Å². The van der Waals surface area contributed by atoms with Crippen molar-refractivity contribution >= 4 is 47.1 Å². The maximum absolute atomic E-state index is 10.9. The van der Waals surface area contributed by atoms with Gasteiger partial charge in [-0.1, -0.05) is 24.3 Å². The number of allylic oxidation sites excluding steroid dienone is 2. The second-order valence-electron chi connectivity index (χ2n) is 7.34. The van der Waals surface area contributed by atoms with Crippen LogP contribution < -0.4 is 5.32 Å². The molecule has 28 heavy (non-hydrogen) atoms. The van der Waals surface area contributed by atoms with Crippen LogP contribution in [-0.4, -0.2) is 22.1 Å². The second kappa shape index (κ2) is 7.18. The number of aldehydes is 1. The predicted octanol–water partition coefficient (Wildman–Crippen LogP) is 5.20. The van der Waals surface area contributed by atoms with Gasteiger partial charge >= 0.3 is 0 Å². The van der Waals surface area contributed by atoms with Crippen molar-refractivity contribution in [3.8, 4) is 0 Å². The lowest BCUT2D eigenvalue weighted by molar-refractivity contribution is -0.104. The van der Waals surface area contributed by atoms with Crippen LogP contribution >= 0.6 is 22.7 Å². The lowest BCUT2D eigenvalue weighted by Gasteiger charge is -2.32. The summed E-state index contributed by atoms with van der Waals surface area (Å²) in [6.45, 7) is 0. The summed E-state index contributed by atoms with van der Waals surface area (Å²) in [4.78, 5) is 13.6. The Labute approximate surface area is 172 Å². The molecule has 0 atom stereocenters. The predicted molar refractivity (Wildman–Crippen MR) is 117 cm³/mol. The molecule has 0 bridgehead atoms. The van der Waals surface area contributed by atoms with Gasteiger partial charge in [-0.2, -0.15) is 5.10 Å². The van der Waals surface area contributed by atoms with E-state index in [-0.39, 0.29) is 5.41 Å². The van der Waals surface area contributed by atoms with Gasteiger partial charge in [0.15, 0.2) is 5.82 Å². The Bertz CT molecular complexity index is 990. The highest BCUT2D eigenvalue weighted by molar-refractivity contribution is 7.11. The average molecular weight is 408 g/mol. The summed E-state index contributed by atoms with van der Waals surface area (Å²) in [6.07, 6.45) is 13.1. The van der Waals surface area contributed by atoms with E-state index in [1.807, 2.05) is 4.68 Å². The fraction of sp³-hybridized carbons (Fsp3) is 0.273. The van der Waals surface area contributed by atoms with Crippen LogP contribution in [0.4, 0.5) is 5.82 Å². The molecule has 1 fully saturated rings. The summed E-state index contributed by atoms with van der Waals surface area (Å²) in [7, 11) is 0. The standard InChI is InChI=1S/C22H21N3OS2/c26-12-4-11-25-18-15-22(19-7-2-13-27-19,20-8-3-14-28-20)10-9-17(18)21(24-25)23-16-5-1-6-16/h2-4,7-14,16H,1,5-6,15H2,(H,23,24). The quantitative estimate of drug-likeness (QED) is 0.451. The van der Waals surface area contributed by atoms with Crippen molar-refractivity contribution < 1.29 is 4.79 Å². The van der Waals surface area contributed by atoms with Crippen molar-refractivity contribution in [2.45, 2.75) is 37.1 Å². The topological polar surface area (TPSA) is 46.9 Å². The summed E-state index contributed by atoms with van der Waals surface area (Å²) in [5.74, 6) is 0.928. The third-order valence-corrected chi connectivity index (χ3v) is 7.80. The first kappa shape index (κ1) is 17.6. The molecule has 4 nitrogen and oxygen atoms in total. The lowest BCUT2D eigenvalue weighted by Crippen LogP contribution is -2.30. The summed E-state index contributed by atoms with van der Waals surface area (Å²) in [6, 6.07) is 9.18. The number of thiophene rings is 2. The molecule has 0 aromatic carbocycles. The van der Waals surface area contributed by atoms with Gasteiger partial charge in [-0.05, 0) is 48.2 Å². The van der Waals surface area contributed by atoms with Gasteiger partial charge in [0, 0.05) is 34.0 Å². The highest BCUT2D eigenvalue weighted by Gasteiger charge is 2.39. The van der Waals surface area contributed by atoms with E-state index in [0.29, 0.717) is 6.04 Å². The zero-order valence-electron chi connectivity index (χ0n) is 15.4. The molecule has 0 saturated heterocycles. The van der Waals surface area contributed by atoms with E-state index in [1.54, 1.807) is 28.9 Å². The Balaban J connectivity index is 1.62. The molecule has 3 heterocycles. The normalized spacial score (nSPS) is 18.1. The van der Waals surface area contributed by atoms with Crippen LogP contribution in [0.3, 0.4) is 0 Å². The molecule has 1 N–H and O–H groups in total. The highest BCUT2D eigenvalue weighted by atomic mass is 32.1. The summed E-state index contributed by atoms with van der Waals surface area (Å²) in [5, 5.41) is 12.7. The second-order valence-corrected chi connectivity index (χ2v) is 9.23. The zero-order chi connectivity index (χ0) is 19.0. The molecule has 2 aliphatic carbocycles. The zero-order valence-corrected chi connectivity index (χ0v) is 17.0. The SMILES string of the molecule is O=CC=Cn1nc(NC2CCC2)c2c1CC(c1cccs1)(c1cccs1)C=C2. The number of nitrogens with one attached hydrogen (secondary N) is 1. The molecule has 0 unspecified atom stereocenters. The first-order chi connectivity index (χ1) is 13.8. The van der Waals surface area contributed by atoms with Gasteiger partial charge in [-0.15, -0.1) is 22.7 Å². The van der Waals surface area contributed by atoms with Crippen molar-refractivity contribution in [3.05, 3.63) is 68.2 Å². The molecule has 0 aliphatic heterocycles. The van der Waals surface area contributed by atoms with Gasteiger partial charge in [0.25, 0.3) is 0 Å². The molecule has 142 valence electrons. The van der Waals surface area contributed by atoms with Crippen LogP contribution in [0.1, 0.15) is 40.3 Å². The molecule has 6 heteroatoms. The van der Waals surface area contributed by atoms with Gasteiger partial charge in [0.2, 0.25) is 0 Å². The van der Waals surface area contributed by atoms with E-state index in [1.165, 1.54) is 35.1 Å². The Hall–Kier alpha value is -2.44. The molecule has 3 aromatic heterocycles. The lowest BCUT2D eigenvalue weighted by atomic mass is 9.76. The molecule has 0 radical (unpaired) electrons. The number of nitrogens with zero attached hydrogens (tertiary/aromatic N) is 2. The monoisotopic (exact) mass is 407 g/mol. The van der Waals surface area contributed by atoms with Gasteiger partial charge in [-0.3, -0.25) is 4.79 Å². The molecule has 1 saturated carbocycles. The number of anilines is 1. The fourth-order valence-electron chi connectivity index (χ4n) is 4.00. The largest absolute Gasteiger partial charge is 0.365 e. The molecule has 3 aromatic rings. The molecular weight excluding hydrogens is 386 g/mol. The van der Waals surface area contributed by atoms with E-state index in [2.05, 4.69) is 52.5 Å². The number of hydrogen-bond acceptors (Lipinski definition) is 5. The van der Waals surface area contributed by atoms with Crippen molar-refractivity contribution in [1.29, 1.82) is 0 Å². The van der Waals surface area contributed by atoms with E-state index in [4.69, 9.17) is 5.10 Å². The van der Waals surface area contributed by atoms with E-state index in [0.717, 1.165) is 29.8 Å². The number of aromatic nitrogens is 2. The van der Waals surface area contributed by atoms with Gasteiger partial charge in [-0.25, -0.2) is 4.68 Å². The summed E-state index contributed by atoms with van der Waals surface area (Å²) in [5.41, 5.74) is 2.10. The minimum absolute atomic E-state index is 0.185. The Kier molecular flexibility index (Phi) is 4.53. The van der Waals surface area contributed by atoms with Gasteiger partial charge in [0.1, 0.15) is 6.29 Å². The van der Waals surface area contributed by atoms with Gasteiger partial charge < -0.3 is 5.32 Å². The number of hydrogen-bond donors (Lipinski definition) is 1. The van der Waals surface area contributed by atoms with Crippen molar-refractivity contribution in [1.82, 2.24) is 9.78 Å². The minimum atomic E-state index is -0.185. The summed E-state index contributed by atoms with van der Waals surface area (Å²) >= 11 is 3.58. The Morgan fingerprint density at radius 1 is 1.18 bits per heavy atom. The van der Waals surface area contributed by atoms with E-state index >= 15 is 0 Å². The maximum atomic E-state index is 10.9. The number of carbonyl (C=O) groups excluding carboxylic acids is 1. The van der Waals surface area contributed by atoms with E-state index < -0.39 is 0 Å². The van der Waals surface area contributed by atoms with Crippen molar-refractivity contribution in [2.75, 3.05) is 5.32 Å². The average Bonchev–Trinajstić information content (AvgIpc) is 3.44. The molecule has 0 spiro atoms. The molecular formula is C22H21N3OS2. The number of rotatable bonds is 6. The maximum Gasteiger partial charge on any atom is 0.156 e. The van der Waals surface area contributed by atoms with Crippen molar-refractivity contribution in [2.24, 2.45) is 0 Å². The van der Waals surface area contributed by atoms with Crippen molar-refractivity contribution in [3.63, 3.8) is 0 Å². The highest BCUT2D eigenvalue weighted by Crippen LogP contribution is 2.46. The van der Waals surface area contributed by atoms with Crippen LogP contribution in [0.25, 0.3) is 12.3 Å². The number of fused-ring (bicyclic) bond motifs is 1. The Morgan fingerprint density at radius 2 is 1.93 bits per heavy atom. The number of carbonyl (C=O) groups is 1. The summed E-state index contributed by atoms with van der Waals surface area (Å²) < 4.78 is 1.88. The van der Waals surface area contributed by atoms with E-state index in [9.17, 15) is 4.79 Å². The van der Waals surface area contributed by atoms with Crippen LogP contribution in [0.2, 0.25) is 0 Å². The first-order valence-corrected chi connectivity index (χ1v) is 11.3. The molecule has 2 aliphatic rings. The van der Waals surface area contributed by atoms with Crippen LogP contribution in [-0.2, 0) is 16.6 Å². The van der Waals surface area contributed by atoms with Gasteiger partial charge in [0.05, 0.1) is 11.1 Å². The Morgan fingerprint density at radius 3 is 2.50 bits per heavy atom. The molecule has 5 rings (SSSR count). The third kappa shape index (κ3) is 2.88. The minimum Gasteiger partial charge on any atom is -0.365 e. The third-order valence-electron chi connectivity index (χ3n) is 5.70. The smallest absolute Gasteiger partial charge is 0.156 e. The van der Waals surface area contributed by atoms with Crippen LogP contribution in [0.5, 0.6) is 0 Å². The first-order valence-electron chi connectivity index (χ1n) is 9.57.